The van der Waals surface area contributed by atoms with Gasteiger partial charge in [0.15, 0.2) is 6.54 Å². The molecule has 1 aliphatic rings. The lowest BCUT2D eigenvalue weighted by atomic mass is 10.2. The van der Waals surface area contributed by atoms with Gasteiger partial charge in [-0.25, -0.2) is 4.39 Å². The van der Waals surface area contributed by atoms with Crippen LogP contribution in [0.5, 0.6) is 0 Å². The SMILES string of the molecule is Cc1ccc(NC(=O)C[NH+]2CC[NH+](Cc3cccs3)CC2)cc1F. The summed E-state index contributed by atoms with van der Waals surface area (Å²) in [5, 5.41) is 4.92. The Morgan fingerprint density at radius 2 is 1.96 bits per heavy atom. The Balaban J connectivity index is 1.43. The first kappa shape index (κ1) is 17.1. The molecule has 0 radical (unpaired) electrons. The summed E-state index contributed by atoms with van der Waals surface area (Å²) in [4.78, 5) is 16.5. The van der Waals surface area contributed by atoms with Gasteiger partial charge < -0.3 is 15.1 Å². The summed E-state index contributed by atoms with van der Waals surface area (Å²) in [6.45, 7) is 7.40. The molecule has 0 aliphatic carbocycles. The van der Waals surface area contributed by atoms with Gasteiger partial charge in [-0.15, -0.1) is 11.3 Å². The van der Waals surface area contributed by atoms with Crippen LogP contribution in [0.2, 0.25) is 0 Å². The Morgan fingerprint density at radius 3 is 2.62 bits per heavy atom. The van der Waals surface area contributed by atoms with E-state index in [1.165, 1.54) is 15.8 Å². The number of hydrogen-bond donors (Lipinski definition) is 3. The van der Waals surface area contributed by atoms with Gasteiger partial charge in [-0.1, -0.05) is 12.1 Å². The number of quaternary nitrogens is 2. The molecule has 4 nitrogen and oxygen atoms in total. The summed E-state index contributed by atoms with van der Waals surface area (Å²) in [5.41, 5.74) is 1.12. The number of rotatable bonds is 5. The van der Waals surface area contributed by atoms with Crippen LogP contribution >= 0.6 is 11.3 Å². The molecule has 1 aromatic heterocycles. The third-order valence-corrected chi connectivity index (χ3v) is 5.41. The summed E-state index contributed by atoms with van der Waals surface area (Å²) >= 11 is 1.81. The molecule has 2 aromatic rings. The van der Waals surface area contributed by atoms with Crippen LogP contribution in [0.25, 0.3) is 0 Å². The number of anilines is 1. The van der Waals surface area contributed by atoms with E-state index in [-0.39, 0.29) is 11.7 Å². The van der Waals surface area contributed by atoms with Crippen molar-refractivity contribution in [3.05, 3.63) is 52.0 Å². The van der Waals surface area contributed by atoms with Gasteiger partial charge in [0.2, 0.25) is 0 Å². The minimum absolute atomic E-state index is 0.0463. The van der Waals surface area contributed by atoms with E-state index in [1.807, 2.05) is 11.3 Å². The van der Waals surface area contributed by atoms with Crippen LogP contribution in [-0.4, -0.2) is 38.6 Å². The van der Waals surface area contributed by atoms with E-state index in [0.717, 1.165) is 32.7 Å². The molecule has 1 fully saturated rings. The monoisotopic (exact) mass is 349 g/mol. The topological polar surface area (TPSA) is 38.0 Å². The summed E-state index contributed by atoms with van der Waals surface area (Å²) in [6.07, 6.45) is 0. The summed E-state index contributed by atoms with van der Waals surface area (Å²) in [6, 6.07) is 9.09. The zero-order valence-electron chi connectivity index (χ0n) is 13.9. The molecule has 0 saturated carbocycles. The second-order valence-corrected chi connectivity index (χ2v) is 7.48. The van der Waals surface area contributed by atoms with Crippen molar-refractivity contribution >= 4 is 22.9 Å². The zero-order valence-corrected chi connectivity index (χ0v) is 14.7. The number of carbonyl (C=O) groups is 1. The molecular weight excluding hydrogens is 325 g/mol. The Kier molecular flexibility index (Phi) is 5.60. The van der Waals surface area contributed by atoms with Crippen molar-refractivity contribution in [1.82, 2.24) is 0 Å². The van der Waals surface area contributed by atoms with E-state index >= 15 is 0 Å². The largest absolute Gasteiger partial charge is 0.321 e. The summed E-state index contributed by atoms with van der Waals surface area (Å²) in [5.74, 6) is -0.333. The quantitative estimate of drug-likeness (QED) is 0.705. The number of amides is 1. The molecule has 1 saturated heterocycles. The first-order valence-electron chi connectivity index (χ1n) is 8.35. The lowest BCUT2D eigenvalue weighted by molar-refractivity contribution is -1.01. The number of halogens is 1. The fraction of sp³-hybridized carbons (Fsp3) is 0.389. The maximum absolute atomic E-state index is 13.5. The second-order valence-electron chi connectivity index (χ2n) is 6.45. The number of nitrogens with one attached hydrogen (secondary N) is 3. The Bertz CT molecular complexity index is 682. The van der Waals surface area contributed by atoms with E-state index < -0.39 is 0 Å². The van der Waals surface area contributed by atoms with Gasteiger partial charge in [0.1, 0.15) is 38.5 Å². The number of piperazine rings is 1. The van der Waals surface area contributed by atoms with Crippen molar-refractivity contribution in [2.45, 2.75) is 13.5 Å². The molecule has 24 heavy (non-hydrogen) atoms. The highest BCUT2D eigenvalue weighted by atomic mass is 32.1. The zero-order chi connectivity index (χ0) is 16.9. The van der Waals surface area contributed by atoms with Crippen LogP contribution in [0.1, 0.15) is 10.4 Å². The molecule has 2 heterocycles. The fourth-order valence-corrected chi connectivity index (χ4v) is 3.85. The molecule has 0 bridgehead atoms. The van der Waals surface area contributed by atoms with Crippen molar-refractivity contribution in [2.24, 2.45) is 0 Å². The van der Waals surface area contributed by atoms with Crippen LogP contribution in [0.3, 0.4) is 0 Å². The third-order valence-electron chi connectivity index (χ3n) is 4.53. The molecule has 128 valence electrons. The van der Waals surface area contributed by atoms with Gasteiger partial charge in [-0.05, 0) is 36.1 Å². The maximum atomic E-state index is 13.5. The van der Waals surface area contributed by atoms with Crippen LogP contribution in [0.15, 0.2) is 35.7 Å². The number of hydrogen-bond acceptors (Lipinski definition) is 2. The standard InChI is InChI=1S/C18H22FN3OS/c1-14-4-5-15(11-17(14)19)20-18(23)13-22-8-6-21(7-9-22)12-16-3-2-10-24-16/h2-5,10-11H,6-9,12-13H2,1H3,(H,20,23)/p+2. The minimum atomic E-state index is -0.286. The van der Waals surface area contributed by atoms with E-state index in [9.17, 15) is 9.18 Å². The van der Waals surface area contributed by atoms with Gasteiger partial charge in [0.05, 0.1) is 4.88 Å². The second kappa shape index (κ2) is 7.88. The summed E-state index contributed by atoms with van der Waals surface area (Å²) < 4.78 is 13.5. The minimum Gasteiger partial charge on any atom is -0.321 e. The molecule has 1 aliphatic heterocycles. The van der Waals surface area contributed by atoms with Gasteiger partial charge in [-0.3, -0.25) is 4.79 Å². The van der Waals surface area contributed by atoms with E-state index in [0.29, 0.717) is 17.8 Å². The van der Waals surface area contributed by atoms with Crippen LogP contribution in [0, 0.1) is 12.7 Å². The number of benzene rings is 1. The highest BCUT2D eigenvalue weighted by Crippen LogP contribution is 2.13. The normalized spacial score (nSPS) is 20.8. The molecule has 3 N–H and O–H groups in total. The average molecular weight is 349 g/mol. The molecule has 1 aromatic carbocycles. The lowest BCUT2D eigenvalue weighted by Gasteiger charge is -2.29. The average Bonchev–Trinajstić information content (AvgIpc) is 3.06. The van der Waals surface area contributed by atoms with Gasteiger partial charge in [0, 0.05) is 5.69 Å². The fourth-order valence-electron chi connectivity index (χ4n) is 3.07. The van der Waals surface area contributed by atoms with E-state index in [1.54, 1.807) is 24.0 Å². The van der Waals surface area contributed by atoms with E-state index in [4.69, 9.17) is 0 Å². The van der Waals surface area contributed by atoms with Crippen molar-refractivity contribution < 1.29 is 19.0 Å². The molecule has 3 rings (SSSR count). The van der Waals surface area contributed by atoms with Gasteiger partial charge >= 0.3 is 0 Å². The predicted molar refractivity (Wildman–Crippen MR) is 94.1 cm³/mol. The lowest BCUT2D eigenvalue weighted by Crippen LogP contribution is -3.28. The highest BCUT2D eigenvalue weighted by Gasteiger charge is 2.25. The van der Waals surface area contributed by atoms with Gasteiger partial charge in [-0.2, -0.15) is 0 Å². The van der Waals surface area contributed by atoms with Crippen molar-refractivity contribution in [3.63, 3.8) is 0 Å². The first-order chi connectivity index (χ1) is 11.6. The third kappa shape index (κ3) is 4.63. The molecule has 0 atom stereocenters. The van der Waals surface area contributed by atoms with Crippen molar-refractivity contribution in [3.8, 4) is 0 Å². The number of thiophene rings is 1. The van der Waals surface area contributed by atoms with Crippen molar-refractivity contribution in [2.75, 3.05) is 38.0 Å². The Morgan fingerprint density at radius 1 is 1.21 bits per heavy atom. The van der Waals surface area contributed by atoms with Gasteiger partial charge in [0.25, 0.3) is 5.91 Å². The number of aryl methyl sites for hydroxylation is 1. The molecule has 0 spiro atoms. The van der Waals surface area contributed by atoms with Crippen molar-refractivity contribution in [1.29, 1.82) is 0 Å². The molecule has 0 unspecified atom stereocenters. The molecule has 6 heteroatoms. The molecule has 1 amide bonds. The highest BCUT2D eigenvalue weighted by molar-refractivity contribution is 7.09. The Labute approximate surface area is 145 Å². The van der Waals surface area contributed by atoms with Crippen LogP contribution in [-0.2, 0) is 11.3 Å². The Hall–Kier alpha value is -1.76. The predicted octanol–water partition coefficient (Wildman–Crippen LogP) is 0.118. The summed E-state index contributed by atoms with van der Waals surface area (Å²) in [7, 11) is 0. The van der Waals surface area contributed by atoms with Crippen LogP contribution < -0.4 is 15.1 Å². The number of carbonyl (C=O) groups excluding carboxylic acids is 1. The first-order valence-corrected chi connectivity index (χ1v) is 9.23. The molecular formula is C18H24FN3OS+2. The van der Waals surface area contributed by atoms with E-state index in [2.05, 4.69) is 22.8 Å². The van der Waals surface area contributed by atoms with Crippen LogP contribution in [0.4, 0.5) is 10.1 Å². The maximum Gasteiger partial charge on any atom is 0.279 e. The smallest absolute Gasteiger partial charge is 0.279 e.